The number of rotatable bonds is 0. The Bertz CT molecular complexity index is 14.4. The van der Waals surface area contributed by atoms with Crippen molar-refractivity contribution in [1.29, 1.82) is 0 Å². The van der Waals surface area contributed by atoms with Crippen LogP contribution in [0.15, 0.2) is 0 Å². The van der Waals surface area contributed by atoms with Crippen molar-refractivity contribution in [3.8, 4) is 0 Å². The van der Waals surface area contributed by atoms with Crippen LogP contribution in [-0.4, -0.2) is 18.8 Å². The van der Waals surface area contributed by atoms with E-state index in [1.807, 2.05) is 18.8 Å². The summed E-state index contributed by atoms with van der Waals surface area (Å²) in [5, 5.41) is 0. The van der Waals surface area contributed by atoms with Crippen LogP contribution in [0, 0.1) is 0 Å². The summed E-state index contributed by atoms with van der Waals surface area (Å²) >= 11 is 0. The summed E-state index contributed by atoms with van der Waals surface area (Å²) in [4.78, 5) is 0. The molecule has 0 aliphatic rings. The highest BCUT2D eigenvalue weighted by Crippen LogP contribution is 1.78. The highest BCUT2D eigenvalue weighted by Gasteiger charge is 1.58. The first-order valence-corrected chi connectivity index (χ1v) is 1.67. The van der Waals surface area contributed by atoms with Gasteiger partial charge in [-0.1, -0.05) is 9.39 Å². The first-order valence-electron chi connectivity index (χ1n) is 1.15. The predicted molar refractivity (Wildman–Crippen MR) is 33.7 cm³/mol. The largest absolute Gasteiger partial charge is 0.293 e. The van der Waals surface area contributed by atoms with Gasteiger partial charge in [-0.2, -0.15) is 0 Å². The van der Waals surface area contributed by atoms with Crippen molar-refractivity contribution in [3.63, 3.8) is 0 Å². The molecular weight excluding hydrogens is 149 g/mol. The minimum Gasteiger partial charge on any atom is -0.293 e. The molecule has 0 radical (unpaired) electrons. The van der Waals surface area contributed by atoms with Crippen molar-refractivity contribution in [1.82, 2.24) is 4.67 Å². The Morgan fingerprint density at radius 3 is 1.40 bits per heavy atom. The highest BCUT2D eigenvalue weighted by atomic mass is 79.9. The molecule has 0 saturated heterocycles. The van der Waals surface area contributed by atoms with Gasteiger partial charge in [0, 0.05) is 0 Å². The molecule has 0 amide bonds. The number of hydrogen-bond donors (Lipinski definition) is 0. The zero-order valence-electron chi connectivity index (χ0n) is 3.43. The third-order valence-corrected chi connectivity index (χ3v) is 0. The lowest BCUT2D eigenvalue weighted by atomic mass is 11.3. The second-order valence-corrected chi connectivity index (χ2v) is 2.00. The standard InChI is InChI=1S/C2H8NP.BrH/c1-3(2)4;/h4H2,1-2H3;1H. The third kappa shape index (κ3) is 53.0. The molecule has 0 N–H and O–H groups in total. The fraction of sp³-hybridized carbons (Fsp3) is 1.00. The molecule has 34 valence electrons. The van der Waals surface area contributed by atoms with Gasteiger partial charge in [0.15, 0.2) is 0 Å². The Morgan fingerprint density at radius 2 is 1.40 bits per heavy atom. The minimum atomic E-state index is 0. The van der Waals surface area contributed by atoms with E-state index in [0.29, 0.717) is 0 Å². The third-order valence-electron chi connectivity index (χ3n) is 0. The van der Waals surface area contributed by atoms with Crippen LogP contribution in [0.3, 0.4) is 0 Å². The van der Waals surface area contributed by atoms with Crippen molar-refractivity contribution in [2.45, 2.75) is 0 Å². The second-order valence-electron chi connectivity index (χ2n) is 0.964. The van der Waals surface area contributed by atoms with Gasteiger partial charge in [0.25, 0.3) is 0 Å². The Labute approximate surface area is 45.8 Å². The maximum absolute atomic E-state index is 2.49. The summed E-state index contributed by atoms with van der Waals surface area (Å²) in [6, 6.07) is 0. The molecule has 1 unspecified atom stereocenters. The molecule has 0 heterocycles. The van der Waals surface area contributed by atoms with Gasteiger partial charge in [0.1, 0.15) is 0 Å². The maximum atomic E-state index is 2.49. The molecule has 5 heavy (non-hydrogen) atoms. The molecule has 0 aliphatic carbocycles. The van der Waals surface area contributed by atoms with E-state index < -0.39 is 0 Å². The Morgan fingerprint density at radius 1 is 1.40 bits per heavy atom. The van der Waals surface area contributed by atoms with Gasteiger partial charge >= 0.3 is 0 Å². The van der Waals surface area contributed by atoms with E-state index in [2.05, 4.69) is 9.39 Å². The predicted octanol–water partition coefficient (Wildman–Crippen LogP) is 0.916. The summed E-state index contributed by atoms with van der Waals surface area (Å²) in [7, 11) is 6.42. The van der Waals surface area contributed by atoms with E-state index in [0.717, 1.165) is 0 Å². The number of nitrogens with zero attached hydrogens (tertiary/aromatic N) is 1. The van der Waals surface area contributed by atoms with Gasteiger partial charge in [-0.3, -0.25) is 4.67 Å². The van der Waals surface area contributed by atoms with E-state index >= 15 is 0 Å². The van der Waals surface area contributed by atoms with Crippen molar-refractivity contribution >= 4 is 26.4 Å². The average Bonchev–Trinajstić information content (AvgIpc) is 0.811. The van der Waals surface area contributed by atoms with E-state index in [1.54, 1.807) is 0 Å². The first kappa shape index (κ1) is 9.30. The van der Waals surface area contributed by atoms with Crippen molar-refractivity contribution in [3.05, 3.63) is 0 Å². The fourth-order valence-electron chi connectivity index (χ4n) is 0. The van der Waals surface area contributed by atoms with Crippen LogP contribution in [0.1, 0.15) is 0 Å². The summed E-state index contributed by atoms with van der Waals surface area (Å²) in [5.41, 5.74) is 0. The lowest BCUT2D eigenvalue weighted by molar-refractivity contribution is 0.703. The van der Waals surface area contributed by atoms with Gasteiger partial charge < -0.3 is 0 Å². The van der Waals surface area contributed by atoms with Gasteiger partial charge in [-0.25, -0.2) is 0 Å². The van der Waals surface area contributed by atoms with Gasteiger partial charge in [0.05, 0.1) is 0 Å². The Hall–Kier alpha value is 0.870. The van der Waals surface area contributed by atoms with Crippen LogP contribution in [-0.2, 0) is 0 Å². The van der Waals surface area contributed by atoms with Crippen LogP contribution in [0.25, 0.3) is 0 Å². The summed E-state index contributed by atoms with van der Waals surface area (Å²) in [5.74, 6) is 0. The summed E-state index contributed by atoms with van der Waals surface area (Å²) in [6.45, 7) is 0. The van der Waals surface area contributed by atoms with Gasteiger partial charge in [-0.15, -0.1) is 17.0 Å². The van der Waals surface area contributed by atoms with Crippen molar-refractivity contribution in [2.24, 2.45) is 0 Å². The van der Waals surface area contributed by atoms with Crippen LogP contribution >= 0.6 is 26.4 Å². The summed E-state index contributed by atoms with van der Waals surface area (Å²) < 4.78 is 1.92. The van der Waals surface area contributed by atoms with Crippen LogP contribution < -0.4 is 0 Å². The number of halogens is 1. The van der Waals surface area contributed by atoms with Crippen molar-refractivity contribution < 1.29 is 0 Å². The molecule has 0 aromatic rings. The van der Waals surface area contributed by atoms with E-state index in [9.17, 15) is 0 Å². The van der Waals surface area contributed by atoms with Crippen LogP contribution in [0.5, 0.6) is 0 Å². The molecule has 0 rings (SSSR count). The van der Waals surface area contributed by atoms with E-state index in [1.165, 1.54) is 0 Å². The van der Waals surface area contributed by atoms with Crippen LogP contribution in [0.4, 0.5) is 0 Å². The monoisotopic (exact) mass is 157 g/mol. The normalized spacial score (nSPS) is 7.20. The van der Waals surface area contributed by atoms with Gasteiger partial charge in [-0.05, 0) is 14.1 Å². The molecule has 0 fully saturated rings. The molecule has 0 aromatic carbocycles. The molecule has 1 atom stereocenters. The number of hydrogen-bond acceptors (Lipinski definition) is 1. The molecule has 1 nitrogen and oxygen atoms in total. The molecule has 3 heteroatoms. The molecule has 0 aliphatic heterocycles. The molecule has 0 aromatic heterocycles. The molecule has 0 spiro atoms. The minimum absolute atomic E-state index is 0. The second kappa shape index (κ2) is 4.87. The first-order chi connectivity index (χ1) is 1.73. The molecule has 0 bridgehead atoms. The van der Waals surface area contributed by atoms with E-state index in [-0.39, 0.29) is 17.0 Å². The smallest absolute Gasteiger partial charge is 0.0102 e. The Balaban J connectivity index is 0. The average molecular weight is 158 g/mol. The van der Waals surface area contributed by atoms with Gasteiger partial charge in [0.2, 0.25) is 0 Å². The SMILES string of the molecule is Br.CN(C)P. The molecule has 0 saturated carbocycles. The van der Waals surface area contributed by atoms with E-state index in [4.69, 9.17) is 0 Å². The quantitative estimate of drug-likeness (QED) is 0.473. The van der Waals surface area contributed by atoms with Crippen LogP contribution in [0.2, 0.25) is 0 Å². The maximum Gasteiger partial charge on any atom is -0.0102 e. The topological polar surface area (TPSA) is 3.24 Å². The molecular formula is C2H9BrNP. The highest BCUT2D eigenvalue weighted by molar-refractivity contribution is 8.93. The fourth-order valence-corrected chi connectivity index (χ4v) is 0. The van der Waals surface area contributed by atoms with Crippen molar-refractivity contribution in [2.75, 3.05) is 14.1 Å². The lowest BCUT2D eigenvalue weighted by Gasteiger charge is -1.90. The zero-order chi connectivity index (χ0) is 3.58. The summed E-state index contributed by atoms with van der Waals surface area (Å²) in [6.07, 6.45) is 0. The zero-order valence-corrected chi connectivity index (χ0v) is 6.30. The Kier molecular flexibility index (Phi) is 9.05. The lowest BCUT2D eigenvalue weighted by Crippen LogP contribution is -1.88.